The monoisotopic (exact) mass is 345 g/mol. The zero-order chi connectivity index (χ0) is 18.2. The molecule has 0 bridgehead atoms. The standard InChI is InChI=1S/C21H19N3O2/c1-16(21(25)24-23-15-17-6-5-13-22-14-17)26-20-11-9-19(10-12-20)18-7-3-2-4-8-18/h2-16H,1H3,(H,24,25)/b23-15-/t16-/m0/s1. The molecule has 0 radical (unpaired) electrons. The minimum atomic E-state index is -0.663. The van der Waals surface area contributed by atoms with Crippen LogP contribution in [0.15, 0.2) is 84.2 Å². The lowest BCUT2D eigenvalue weighted by Crippen LogP contribution is -2.33. The highest BCUT2D eigenvalue weighted by Gasteiger charge is 2.13. The van der Waals surface area contributed by atoms with Gasteiger partial charge in [-0.25, -0.2) is 5.43 Å². The van der Waals surface area contributed by atoms with Gasteiger partial charge in [-0.15, -0.1) is 0 Å². The molecule has 0 saturated carbocycles. The molecule has 0 aliphatic heterocycles. The SMILES string of the molecule is C[C@H](Oc1ccc(-c2ccccc2)cc1)C(=O)N/N=C\c1cccnc1. The van der Waals surface area contributed by atoms with Gasteiger partial charge in [0.25, 0.3) is 5.91 Å². The number of hydrazone groups is 1. The summed E-state index contributed by atoms with van der Waals surface area (Å²) in [5.41, 5.74) is 5.50. The quantitative estimate of drug-likeness (QED) is 0.548. The molecule has 26 heavy (non-hydrogen) atoms. The first kappa shape index (κ1) is 17.4. The highest BCUT2D eigenvalue weighted by molar-refractivity contribution is 5.84. The molecule has 130 valence electrons. The van der Waals surface area contributed by atoms with Gasteiger partial charge in [0.15, 0.2) is 6.10 Å². The second kappa shape index (κ2) is 8.58. The van der Waals surface area contributed by atoms with Crippen LogP contribution in [-0.4, -0.2) is 23.2 Å². The van der Waals surface area contributed by atoms with Gasteiger partial charge in [0.2, 0.25) is 0 Å². The van der Waals surface area contributed by atoms with Gasteiger partial charge in [-0.2, -0.15) is 5.10 Å². The molecule has 3 rings (SSSR count). The Bertz CT molecular complexity index is 863. The van der Waals surface area contributed by atoms with Crippen molar-refractivity contribution in [3.63, 3.8) is 0 Å². The van der Waals surface area contributed by atoms with E-state index >= 15 is 0 Å². The summed E-state index contributed by atoms with van der Waals surface area (Å²) in [4.78, 5) is 16.0. The van der Waals surface area contributed by atoms with E-state index in [4.69, 9.17) is 4.74 Å². The maximum Gasteiger partial charge on any atom is 0.280 e. The molecule has 5 heteroatoms. The van der Waals surface area contributed by atoms with Crippen LogP contribution < -0.4 is 10.2 Å². The Morgan fingerprint density at radius 1 is 1.04 bits per heavy atom. The van der Waals surface area contributed by atoms with Crippen molar-refractivity contribution in [2.24, 2.45) is 5.10 Å². The lowest BCUT2D eigenvalue weighted by atomic mass is 10.1. The van der Waals surface area contributed by atoms with E-state index in [9.17, 15) is 4.79 Å². The fourth-order valence-corrected chi connectivity index (χ4v) is 2.33. The van der Waals surface area contributed by atoms with Gasteiger partial charge >= 0.3 is 0 Å². The van der Waals surface area contributed by atoms with Crippen LogP contribution in [-0.2, 0) is 4.79 Å². The lowest BCUT2D eigenvalue weighted by molar-refractivity contribution is -0.127. The van der Waals surface area contributed by atoms with Crippen LogP contribution in [0.3, 0.4) is 0 Å². The molecule has 3 aromatic rings. The summed E-state index contributed by atoms with van der Waals surface area (Å²) in [7, 11) is 0. The average molecular weight is 345 g/mol. The van der Waals surface area contributed by atoms with Crippen molar-refractivity contribution in [3.05, 3.63) is 84.7 Å². The first-order valence-electron chi connectivity index (χ1n) is 8.27. The molecular formula is C21H19N3O2. The number of carbonyl (C=O) groups excluding carboxylic acids is 1. The summed E-state index contributed by atoms with van der Waals surface area (Å²) < 4.78 is 5.67. The first-order chi connectivity index (χ1) is 12.7. The highest BCUT2D eigenvalue weighted by atomic mass is 16.5. The molecule has 1 amide bonds. The number of hydrogen-bond acceptors (Lipinski definition) is 4. The van der Waals surface area contributed by atoms with E-state index in [2.05, 4.69) is 15.5 Å². The van der Waals surface area contributed by atoms with E-state index in [1.807, 2.05) is 60.7 Å². The minimum Gasteiger partial charge on any atom is -0.481 e. The molecule has 1 heterocycles. The Hall–Kier alpha value is -3.47. The number of aromatic nitrogens is 1. The Morgan fingerprint density at radius 2 is 1.77 bits per heavy atom. The van der Waals surface area contributed by atoms with Crippen LogP contribution >= 0.6 is 0 Å². The van der Waals surface area contributed by atoms with Gasteiger partial charge in [0, 0.05) is 18.0 Å². The van der Waals surface area contributed by atoms with Crippen molar-refractivity contribution in [2.45, 2.75) is 13.0 Å². The summed E-state index contributed by atoms with van der Waals surface area (Å²) in [6, 6.07) is 21.4. The number of rotatable bonds is 6. The molecule has 1 aromatic heterocycles. The van der Waals surface area contributed by atoms with E-state index in [1.54, 1.807) is 25.4 Å². The maximum atomic E-state index is 12.1. The third kappa shape index (κ3) is 4.77. The molecule has 0 saturated heterocycles. The average Bonchev–Trinajstić information content (AvgIpc) is 2.70. The molecule has 0 spiro atoms. The van der Waals surface area contributed by atoms with Crippen molar-refractivity contribution in [1.82, 2.24) is 10.4 Å². The van der Waals surface area contributed by atoms with E-state index in [-0.39, 0.29) is 5.91 Å². The van der Waals surface area contributed by atoms with E-state index in [0.29, 0.717) is 5.75 Å². The smallest absolute Gasteiger partial charge is 0.280 e. The molecule has 0 unspecified atom stereocenters. The third-order valence-electron chi connectivity index (χ3n) is 3.72. The highest BCUT2D eigenvalue weighted by Crippen LogP contribution is 2.22. The summed E-state index contributed by atoms with van der Waals surface area (Å²) >= 11 is 0. The Labute approximate surface area is 152 Å². The number of carbonyl (C=O) groups is 1. The van der Waals surface area contributed by atoms with Crippen molar-refractivity contribution in [3.8, 4) is 16.9 Å². The van der Waals surface area contributed by atoms with Crippen molar-refractivity contribution in [2.75, 3.05) is 0 Å². The third-order valence-corrected chi connectivity index (χ3v) is 3.72. The predicted molar refractivity (Wildman–Crippen MR) is 102 cm³/mol. The topological polar surface area (TPSA) is 63.6 Å². The van der Waals surface area contributed by atoms with E-state index in [0.717, 1.165) is 16.7 Å². The molecule has 1 N–H and O–H groups in total. The number of nitrogens with zero attached hydrogens (tertiary/aromatic N) is 2. The molecule has 1 atom stereocenters. The summed E-state index contributed by atoms with van der Waals surface area (Å²) in [5, 5.41) is 3.91. The van der Waals surface area contributed by atoms with Crippen LogP contribution in [0.4, 0.5) is 0 Å². The Balaban J connectivity index is 1.54. The number of nitrogens with one attached hydrogen (secondary N) is 1. The Kier molecular flexibility index (Phi) is 5.72. The van der Waals surface area contributed by atoms with Gasteiger partial charge < -0.3 is 4.74 Å². The second-order valence-electron chi connectivity index (χ2n) is 5.67. The molecule has 5 nitrogen and oxygen atoms in total. The van der Waals surface area contributed by atoms with Crippen LogP contribution in [0.1, 0.15) is 12.5 Å². The maximum absolute atomic E-state index is 12.1. The molecule has 0 aliphatic rings. The van der Waals surface area contributed by atoms with Crippen LogP contribution in [0.2, 0.25) is 0 Å². The largest absolute Gasteiger partial charge is 0.481 e. The zero-order valence-electron chi connectivity index (χ0n) is 14.4. The molecule has 0 aliphatic carbocycles. The fourth-order valence-electron chi connectivity index (χ4n) is 2.33. The van der Waals surface area contributed by atoms with E-state index < -0.39 is 6.10 Å². The Morgan fingerprint density at radius 3 is 2.46 bits per heavy atom. The van der Waals surface area contributed by atoms with E-state index in [1.165, 1.54) is 6.21 Å². The van der Waals surface area contributed by atoms with Crippen LogP contribution in [0.25, 0.3) is 11.1 Å². The summed E-state index contributed by atoms with van der Waals surface area (Å²) in [5.74, 6) is 0.306. The number of ether oxygens (including phenoxy) is 1. The fraction of sp³-hybridized carbons (Fsp3) is 0.0952. The first-order valence-corrected chi connectivity index (χ1v) is 8.27. The second-order valence-corrected chi connectivity index (χ2v) is 5.67. The summed E-state index contributed by atoms with van der Waals surface area (Å²) in [6.07, 6.45) is 4.20. The number of benzene rings is 2. The van der Waals surface area contributed by atoms with Gasteiger partial charge in [0.1, 0.15) is 5.75 Å². The number of amides is 1. The molecule has 0 fully saturated rings. The predicted octanol–water partition coefficient (Wildman–Crippen LogP) is 3.67. The summed E-state index contributed by atoms with van der Waals surface area (Å²) in [6.45, 7) is 1.68. The van der Waals surface area contributed by atoms with Crippen molar-refractivity contribution in [1.29, 1.82) is 0 Å². The molecular weight excluding hydrogens is 326 g/mol. The van der Waals surface area contributed by atoms with Crippen molar-refractivity contribution < 1.29 is 9.53 Å². The lowest BCUT2D eigenvalue weighted by Gasteiger charge is -2.13. The van der Waals surface area contributed by atoms with Gasteiger partial charge in [-0.05, 0) is 36.2 Å². The normalized spacial score (nSPS) is 11.9. The zero-order valence-corrected chi connectivity index (χ0v) is 14.4. The number of pyridine rings is 1. The molecule has 2 aromatic carbocycles. The van der Waals surface area contributed by atoms with Gasteiger partial charge in [-0.1, -0.05) is 48.5 Å². The van der Waals surface area contributed by atoms with Crippen LogP contribution in [0.5, 0.6) is 5.75 Å². The van der Waals surface area contributed by atoms with Gasteiger partial charge in [0.05, 0.1) is 6.21 Å². The van der Waals surface area contributed by atoms with Gasteiger partial charge in [-0.3, -0.25) is 9.78 Å². The minimum absolute atomic E-state index is 0.322. The van der Waals surface area contributed by atoms with Crippen molar-refractivity contribution >= 4 is 12.1 Å². The van der Waals surface area contributed by atoms with Crippen LogP contribution in [0, 0.1) is 0 Å². The number of hydrogen-bond donors (Lipinski definition) is 1.